The van der Waals surface area contributed by atoms with E-state index in [1.807, 2.05) is 65.6 Å². The fourth-order valence-corrected chi connectivity index (χ4v) is 3.92. The SMILES string of the molecule is Nc1nc(Cc2ccc(Cl)cc2)cc(C2CCN(C(=O)c3ccccc3)CC2)n1. The summed E-state index contributed by atoms with van der Waals surface area (Å²) in [6, 6.07) is 19.2. The van der Waals surface area contributed by atoms with Gasteiger partial charge in [-0.1, -0.05) is 41.9 Å². The summed E-state index contributed by atoms with van der Waals surface area (Å²) in [5, 5.41) is 0.716. The van der Waals surface area contributed by atoms with E-state index in [2.05, 4.69) is 9.97 Å². The molecular weight excluding hydrogens is 384 g/mol. The van der Waals surface area contributed by atoms with Crippen molar-refractivity contribution >= 4 is 23.5 Å². The number of likely N-dealkylation sites (tertiary alicyclic amines) is 1. The van der Waals surface area contributed by atoms with E-state index in [1.54, 1.807) is 0 Å². The van der Waals surface area contributed by atoms with Gasteiger partial charge < -0.3 is 10.6 Å². The standard InChI is InChI=1S/C23H23ClN4O/c24-19-8-6-16(7-9-19)14-20-15-21(27-23(25)26-20)17-10-12-28(13-11-17)22(29)18-4-2-1-3-5-18/h1-9,15,17H,10-14H2,(H2,25,26,27). The average Bonchev–Trinajstić information content (AvgIpc) is 2.75. The van der Waals surface area contributed by atoms with Crippen molar-refractivity contribution in [1.82, 2.24) is 14.9 Å². The highest BCUT2D eigenvalue weighted by Gasteiger charge is 2.25. The zero-order valence-electron chi connectivity index (χ0n) is 16.1. The maximum absolute atomic E-state index is 12.6. The molecule has 0 spiro atoms. The van der Waals surface area contributed by atoms with Gasteiger partial charge in [-0.2, -0.15) is 0 Å². The first kappa shape index (κ1) is 19.4. The monoisotopic (exact) mass is 406 g/mol. The number of nitrogens with zero attached hydrogens (tertiary/aromatic N) is 3. The van der Waals surface area contributed by atoms with E-state index in [4.69, 9.17) is 17.3 Å². The second-order valence-electron chi connectivity index (χ2n) is 7.38. The molecule has 1 aliphatic heterocycles. The first-order valence-electron chi connectivity index (χ1n) is 9.80. The molecule has 0 radical (unpaired) electrons. The first-order chi connectivity index (χ1) is 14.1. The predicted molar refractivity (Wildman–Crippen MR) is 115 cm³/mol. The molecule has 1 fully saturated rings. The number of hydrogen-bond acceptors (Lipinski definition) is 4. The normalized spacial score (nSPS) is 14.7. The van der Waals surface area contributed by atoms with E-state index < -0.39 is 0 Å². The Kier molecular flexibility index (Phi) is 5.76. The summed E-state index contributed by atoms with van der Waals surface area (Å²) in [5.41, 5.74) is 9.72. The summed E-state index contributed by atoms with van der Waals surface area (Å²) in [5.74, 6) is 0.674. The van der Waals surface area contributed by atoms with Crippen molar-refractivity contribution < 1.29 is 4.79 Å². The second kappa shape index (κ2) is 8.62. The quantitative estimate of drug-likeness (QED) is 0.700. The number of amides is 1. The number of nitrogens with two attached hydrogens (primary N) is 1. The Morgan fingerprint density at radius 1 is 1.03 bits per heavy atom. The number of carbonyl (C=O) groups is 1. The topological polar surface area (TPSA) is 72.1 Å². The third-order valence-corrected chi connectivity index (χ3v) is 5.59. The van der Waals surface area contributed by atoms with Crippen molar-refractivity contribution in [3.8, 4) is 0 Å². The third kappa shape index (κ3) is 4.74. The highest BCUT2D eigenvalue weighted by molar-refractivity contribution is 6.30. The molecule has 0 bridgehead atoms. The van der Waals surface area contributed by atoms with Crippen LogP contribution in [-0.2, 0) is 6.42 Å². The number of aromatic nitrogens is 2. The molecule has 0 atom stereocenters. The van der Waals surface area contributed by atoms with Gasteiger partial charge in [-0.3, -0.25) is 4.79 Å². The molecule has 1 aromatic heterocycles. The molecule has 4 rings (SSSR count). The molecule has 2 N–H and O–H groups in total. The zero-order chi connectivity index (χ0) is 20.2. The Balaban J connectivity index is 1.43. The summed E-state index contributed by atoms with van der Waals surface area (Å²) in [7, 11) is 0. The maximum atomic E-state index is 12.6. The van der Waals surface area contributed by atoms with E-state index >= 15 is 0 Å². The molecule has 0 unspecified atom stereocenters. The highest BCUT2D eigenvalue weighted by Crippen LogP contribution is 2.28. The molecule has 148 valence electrons. The van der Waals surface area contributed by atoms with Gasteiger partial charge in [-0.15, -0.1) is 0 Å². The van der Waals surface area contributed by atoms with Gasteiger partial charge in [-0.05, 0) is 48.7 Å². The van der Waals surface area contributed by atoms with E-state index in [0.717, 1.165) is 48.4 Å². The number of piperidine rings is 1. The van der Waals surface area contributed by atoms with E-state index in [1.165, 1.54) is 0 Å². The van der Waals surface area contributed by atoms with Crippen molar-refractivity contribution in [1.29, 1.82) is 0 Å². The van der Waals surface area contributed by atoms with Crippen LogP contribution < -0.4 is 5.73 Å². The number of halogens is 1. The first-order valence-corrected chi connectivity index (χ1v) is 10.2. The largest absolute Gasteiger partial charge is 0.368 e. The minimum atomic E-state index is 0.0923. The lowest BCUT2D eigenvalue weighted by atomic mass is 9.92. The Morgan fingerprint density at radius 3 is 2.41 bits per heavy atom. The van der Waals surface area contributed by atoms with Crippen LogP contribution in [0.3, 0.4) is 0 Å². The predicted octanol–water partition coefficient (Wildman–Crippen LogP) is 4.32. The molecule has 1 saturated heterocycles. The summed E-state index contributed by atoms with van der Waals surface area (Å²) < 4.78 is 0. The second-order valence-corrected chi connectivity index (χ2v) is 7.81. The molecule has 29 heavy (non-hydrogen) atoms. The summed E-state index contributed by atoms with van der Waals surface area (Å²) in [4.78, 5) is 23.5. The molecule has 1 aliphatic rings. The summed E-state index contributed by atoms with van der Waals surface area (Å²) >= 11 is 5.97. The number of rotatable bonds is 4. The number of carbonyl (C=O) groups excluding carboxylic acids is 1. The minimum absolute atomic E-state index is 0.0923. The highest BCUT2D eigenvalue weighted by atomic mass is 35.5. The molecule has 6 heteroatoms. The number of benzene rings is 2. The average molecular weight is 407 g/mol. The Labute approximate surface area is 175 Å². The van der Waals surface area contributed by atoms with Gasteiger partial charge in [0, 0.05) is 41.7 Å². The van der Waals surface area contributed by atoms with Gasteiger partial charge in [0.15, 0.2) is 0 Å². The van der Waals surface area contributed by atoms with Crippen molar-refractivity contribution in [2.75, 3.05) is 18.8 Å². The maximum Gasteiger partial charge on any atom is 0.253 e. The number of hydrogen-bond donors (Lipinski definition) is 1. The third-order valence-electron chi connectivity index (χ3n) is 5.34. The van der Waals surface area contributed by atoms with Crippen LogP contribution in [-0.4, -0.2) is 33.9 Å². The van der Waals surface area contributed by atoms with Gasteiger partial charge in [0.05, 0.1) is 5.69 Å². The van der Waals surface area contributed by atoms with Crippen LogP contribution in [0, 0.1) is 0 Å². The van der Waals surface area contributed by atoms with Crippen LogP contribution in [0.15, 0.2) is 60.7 Å². The van der Waals surface area contributed by atoms with Crippen LogP contribution in [0.25, 0.3) is 0 Å². The summed E-state index contributed by atoms with van der Waals surface area (Å²) in [6.45, 7) is 1.43. The van der Waals surface area contributed by atoms with Crippen LogP contribution in [0.1, 0.15) is 46.1 Å². The molecule has 3 aromatic rings. The molecule has 0 saturated carbocycles. The van der Waals surface area contributed by atoms with Gasteiger partial charge in [0.2, 0.25) is 5.95 Å². The molecular formula is C23H23ClN4O. The van der Waals surface area contributed by atoms with Crippen LogP contribution in [0.4, 0.5) is 5.95 Å². The smallest absolute Gasteiger partial charge is 0.253 e. The van der Waals surface area contributed by atoms with Crippen molar-refractivity contribution in [2.45, 2.75) is 25.2 Å². The molecule has 2 heterocycles. The van der Waals surface area contributed by atoms with Gasteiger partial charge in [-0.25, -0.2) is 9.97 Å². The van der Waals surface area contributed by atoms with E-state index in [-0.39, 0.29) is 11.8 Å². The molecule has 2 aromatic carbocycles. The Bertz CT molecular complexity index is 984. The number of anilines is 1. The van der Waals surface area contributed by atoms with Crippen molar-refractivity contribution in [3.63, 3.8) is 0 Å². The molecule has 1 amide bonds. The summed E-state index contributed by atoms with van der Waals surface area (Å²) in [6.07, 6.45) is 2.42. The van der Waals surface area contributed by atoms with Gasteiger partial charge in [0.25, 0.3) is 5.91 Å². The van der Waals surface area contributed by atoms with E-state index in [0.29, 0.717) is 17.4 Å². The van der Waals surface area contributed by atoms with Crippen LogP contribution in [0.2, 0.25) is 5.02 Å². The molecule has 0 aliphatic carbocycles. The van der Waals surface area contributed by atoms with E-state index in [9.17, 15) is 4.79 Å². The zero-order valence-corrected chi connectivity index (χ0v) is 16.8. The molecule has 5 nitrogen and oxygen atoms in total. The fourth-order valence-electron chi connectivity index (χ4n) is 3.79. The van der Waals surface area contributed by atoms with Crippen LogP contribution >= 0.6 is 11.6 Å². The van der Waals surface area contributed by atoms with Crippen molar-refractivity contribution in [3.05, 3.63) is 88.2 Å². The van der Waals surface area contributed by atoms with Crippen molar-refractivity contribution in [2.24, 2.45) is 0 Å². The van der Waals surface area contributed by atoms with Gasteiger partial charge in [0.1, 0.15) is 0 Å². The Morgan fingerprint density at radius 2 is 1.72 bits per heavy atom. The Hall–Kier alpha value is -2.92. The number of nitrogen functional groups attached to an aromatic ring is 1. The fraction of sp³-hybridized carbons (Fsp3) is 0.261. The lowest BCUT2D eigenvalue weighted by molar-refractivity contribution is 0.0712. The minimum Gasteiger partial charge on any atom is -0.368 e. The van der Waals surface area contributed by atoms with Gasteiger partial charge >= 0.3 is 0 Å². The van der Waals surface area contributed by atoms with Crippen LogP contribution in [0.5, 0.6) is 0 Å². The lowest BCUT2D eigenvalue weighted by Gasteiger charge is -2.32. The lowest BCUT2D eigenvalue weighted by Crippen LogP contribution is -2.38.